The van der Waals surface area contributed by atoms with E-state index in [1.54, 1.807) is 0 Å². The van der Waals surface area contributed by atoms with E-state index in [1.807, 2.05) is 0 Å². The third-order valence-corrected chi connectivity index (χ3v) is 4.09. The Hall–Kier alpha value is -1.02. The van der Waals surface area contributed by atoms with Crippen molar-refractivity contribution >= 4 is 5.69 Å². The number of benzene rings is 1. The lowest BCUT2D eigenvalue weighted by molar-refractivity contribution is 0.499. The van der Waals surface area contributed by atoms with Gasteiger partial charge >= 0.3 is 0 Å². The van der Waals surface area contributed by atoms with E-state index in [0.29, 0.717) is 6.04 Å². The molecule has 0 bridgehead atoms. The van der Waals surface area contributed by atoms with Crippen LogP contribution in [0.2, 0.25) is 0 Å². The molecule has 1 atom stereocenters. The molecule has 2 nitrogen and oxygen atoms in total. The highest BCUT2D eigenvalue weighted by Crippen LogP contribution is 2.26. The predicted molar refractivity (Wildman–Crippen MR) is 84.1 cm³/mol. The third kappa shape index (κ3) is 3.73. The maximum absolute atomic E-state index is 3.49. The lowest BCUT2D eigenvalue weighted by Gasteiger charge is -2.34. The fourth-order valence-corrected chi connectivity index (χ4v) is 2.72. The number of hydrogen-bond donors (Lipinski definition) is 1. The van der Waals surface area contributed by atoms with Crippen LogP contribution in [0.5, 0.6) is 0 Å². The van der Waals surface area contributed by atoms with E-state index in [9.17, 15) is 0 Å². The third-order valence-electron chi connectivity index (χ3n) is 4.09. The van der Waals surface area contributed by atoms with Crippen molar-refractivity contribution < 1.29 is 0 Å². The number of rotatable bonds is 1. The van der Waals surface area contributed by atoms with Crippen LogP contribution in [0.15, 0.2) is 24.3 Å². The summed E-state index contributed by atoms with van der Waals surface area (Å²) in [5.41, 5.74) is 3.03. The van der Waals surface area contributed by atoms with E-state index in [4.69, 9.17) is 0 Å². The summed E-state index contributed by atoms with van der Waals surface area (Å²) in [6.07, 6.45) is 2.45. The minimum Gasteiger partial charge on any atom is -0.369 e. The highest BCUT2D eigenvalue weighted by molar-refractivity contribution is 5.49. The second-order valence-electron chi connectivity index (χ2n) is 6.73. The SMILES string of the molecule is CC1CCNCCCN1c1ccc(C(C)(C)C)cc1. The van der Waals surface area contributed by atoms with E-state index in [2.05, 4.69) is 62.2 Å². The summed E-state index contributed by atoms with van der Waals surface area (Å²) in [6.45, 7) is 12.6. The Kier molecular flexibility index (Phi) is 4.51. The standard InChI is InChI=1S/C17H28N2/c1-14-10-12-18-11-5-13-19(14)16-8-6-15(7-9-16)17(2,3)4/h6-9,14,18H,5,10-13H2,1-4H3. The number of anilines is 1. The Morgan fingerprint density at radius 3 is 2.42 bits per heavy atom. The summed E-state index contributed by atoms with van der Waals surface area (Å²) in [5, 5.41) is 3.49. The molecule has 19 heavy (non-hydrogen) atoms. The topological polar surface area (TPSA) is 15.3 Å². The van der Waals surface area contributed by atoms with E-state index < -0.39 is 0 Å². The molecule has 1 aromatic rings. The van der Waals surface area contributed by atoms with Gasteiger partial charge < -0.3 is 10.2 Å². The Bertz CT molecular complexity index is 389. The fourth-order valence-electron chi connectivity index (χ4n) is 2.72. The van der Waals surface area contributed by atoms with Gasteiger partial charge in [-0.2, -0.15) is 0 Å². The molecule has 1 N–H and O–H groups in total. The molecule has 0 aliphatic carbocycles. The summed E-state index contributed by atoms with van der Waals surface area (Å²) < 4.78 is 0. The molecule has 0 spiro atoms. The second kappa shape index (κ2) is 5.96. The Morgan fingerprint density at radius 1 is 1.11 bits per heavy atom. The Labute approximate surface area is 118 Å². The molecular formula is C17H28N2. The summed E-state index contributed by atoms with van der Waals surface area (Å²) in [6, 6.07) is 9.80. The zero-order valence-electron chi connectivity index (χ0n) is 12.9. The van der Waals surface area contributed by atoms with Gasteiger partial charge in [-0.1, -0.05) is 32.9 Å². The first-order valence-corrected chi connectivity index (χ1v) is 7.56. The Balaban J connectivity index is 2.15. The van der Waals surface area contributed by atoms with Crippen LogP contribution in [0, 0.1) is 0 Å². The van der Waals surface area contributed by atoms with Gasteiger partial charge in [-0.3, -0.25) is 0 Å². The van der Waals surface area contributed by atoms with Crippen molar-refractivity contribution in [2.24, 2.45) is 0 Å². The summed E-state index contributed by atoms with van der Waals surface area (Å²) >= 11 is 0. The number of hydrogen-bond acceptors (Lipinski definition) is 2. The smallest absolute Gasteiger partial charge is 0.0368 e. The molecule has 1 aromatic carbocycles. The highest BCUT2D eigenvalue weighted by atomic mass is 15.2. The second-order valence-corrected chi connectivity index (χ2v) is 6.73. The molecule has 2 heteroatoms. The first-order chi connectivity index (χ1) is 8.98. The highest BCUT2D eigenvalue weighted by Gasteiger charge is 2.18. The monoisotopic (exact) mass is 260 g/mol. The minimum absolute atomic E-state index is 0.240. The van der Waals surface area contributed by atoms with Crippen LogP contribution < -0.4 is 10.2 Å². The van der Waals surface area contributed by atoms with E-state index in [-0.39, 0.29) is 5.41 Å². The van der Waals surface area contributed by atoms with Gasteiger partial charge in [0, 0.05) is 18.3 Å². The van der Waals surface area contributed by atoms with Gasteiger partial charge in [-0.05, 0) is 56.0 Å². The first kappa shape index (κ1) is 14.4. The lowest BCUT2D eigenvalue weighted by atomic mass is 9.87. The van der Waals surface area contributed by atoms with E-state index in [1.165, 1.54) is 24.1 Å². The fraction of sp³-hybridized carbons (Fsp3) is 0.647. The lowest BCUT2D eigenvalue weighted by Crippen LogP contribution is -2.40. The van der Waals surface area contributed by atoms with E-state index >= 15 is 0 Å². The van der Waals surface area contributed by atoms with Crippen molar-refractivity contribution in [2.45, 2.75) is 52.0 Å². The Morgan fingerprint density at radius 2 is 1.79 bits per heavy atom. The summed E-state index contributed by atoms with van der Waals surface area (Å²) in [4.78, 5) is 2.56. The number of nitrogens with one attached hydrogen (secondary N) is 1. The minimum atomic E-state index is 0.240. The van der Waals surface area contributed by atoms with Crippen LogP contribution in [-0.2, 0) is 5.41 Å². The van der Waals surface area contributed by atoms with E-state index in [0.717, 1.165) is 19.6 Å². The molecule has 2 rings (SSSR count). The zero-order valence-corrected chi connectivity index (χ0v) is 12.9. The summed E-state index contributed by atoms with van der Waals surface area (Å²) in [7, 11) is 0. The average molecular weight is 260 g/mol. The predicted octanol–water partition coefficient (Wildman–Crippen LogP) is 3.56. The molecule has 1 saturated heterocycles. The van der Waals surface area contributed by atoms with Gasteiger partial charge in [0.05, 0.1) is 0 Å². The van der Waals surface area contributed by atoms with Gasteiger partial charge in [0.1, 0.15) is 0 Å². The van der Waals surface area contributed by atoms with Gasteiger partial charge in [0.25, 0.3) is 0 Å². The van der Waals surface area contributed by atoms with Crippen molar-refractivity contribution in [3.8, 4) is 0 Å². The maximum Gasteiger partial charge on any atom is 0.0368 e. The molecule has 0 saturated carbocycles. The van der Waals surface area contributed by atoms with Gasteiger partial charge in [0.2, 0.25) is 0 Å². The largest absolute Gasteiger partial charge is 0.369 e. The first-order valence-electron chi connectivity index (χ1n) is 7.56. The zero-order chi connectivity index (χ0) is 13.9. The van der Waals surface area contributed by atoms with Crippen molar-refractivity contribution in [3.05, 3.63) is 29.8 Å². The molecule has 0 amide bonds. The van der Waals surface area contributed by atoms with Crippen LogP contribution in [0.25, 0.3) is 0 Å². The van der Waals surface area contributed by atoms with Crippen LogP contribution in [-0.4, -0.2) is 25.7 Å². The molecule has 1 fully saturated rings. The average Bonchev–Trinajstić information content (AvgIpc) is 2.34. The van der Waals surface area contributed by atoms with Gasteiger partial charge in [0.15, 0.2) is 0 Å². The van der Waals surface area contributed by atoms with Crippen molar-refractivity contribution in [3.63, 3.8) is 0 Å². The maximum atomic E-state index is 3.49. The molecule has 1 heterocycles. The molecule has 1 aliphatic rings. The molecule has 1 unspecified atom stereocenters. The van der Waals surface area contributed by atoms with Crippen LogP contribution in [0.1, 0.15) is 46.1 Å². The van der Waals surface area contributed by atoms with Gasteiger partial charge in [-0.25, -0.2) is 0 Å². The number of nitrogens with zero attached hydrogens (tertiary/aromatic N) is 1. The van der Waals surface area contributed by atoms with Crippen LogP contribution in [0.4, 0.5) is 5.69 Å². The summed E-state index contributed by atoms with van der Waals surface area (Å²) in [5.74, 6) is 0. The van der Waals surface area contributed by atoms with Gasteiger partial charge in [-0.15, -0.1) is 0 Å². The van der Waals surface area contributed by atoms with Crippen molar-refractivity contribution in [1.29, 1.82) is 0 Å². The molecule has 0 radical (unpaired) electrons. The molecule has 0 aromatic heterocycles. The van der Waals surface area contributed by atoms with Crippen molar-refractivity contribution in [2.75, 3.05) is 24.5 Å². The molecule has 1 aliphatic heterocycles. The quantitative estimate of drug-likeness (QED) is 0.830. The van der Waals surface area contributed by atoms with Crippen LogP contribution in [0.3, 0.4) is 0 Å². The normalized spacial score (nSPS) is 21.9. The molecular weight excluding hydrogens is 232 g/mol. The molecule has 106 valence electrons. The van der Waals surface area contributed by atoms with Crippen molar-refractivity contribution in [1.82, 2.24) is 5.32 Å². The van der Waals surface area contributed by atoms with Crippen LogP contribution >= 0.6 is 0 Å².